The lowest BCUT2D eigenvalue weighted by Gasteiger charge is -2.29. The van der Waals surface area contributed by atoms with Crippen LogP contribution in [0, 0.1) is 0 Å². The lowest BCUT2D eigenvalue weighted by molar-refractivity contribution is -0.107. The standard InChI is InChI=1S/C19H27NO2/c1-15(2)19(3,4)17-13-16(14-22)9-10-18(17)20-11-7-5-6-8-12-21/h9-10,12-14,20H,1,5-8,11H2,2-4H3. The minimum absolute atomic E-state index is 0.196. The van der Waals surface area contributed by atoms with Gasteiger partial charge in [-0.05, 0) is 43.5 Å². The molecule has 0 radical (unpaired) electrons. The molecule has 0 unspecified atom stereocenters. The Kier molecular flexibility index (Phi) is 7.03. The summed E-state index contributed by atoms with van der Waals surface area (Å²) in [5, 5.41) is 3.46. The van der Waals surface area contributed by atoms with Crippen LogP contribution in [0.1, 0.15) is 62.4 Å². The fourth-order valence-corrected chi connectivity index (χ4v) is 2.29. The van der Waals surface area contributed by atoms with Crippen molar-refractivity contribution in [2.24, 2.45) is 0 Å². The Labute approximate surface area is 133 Å². The molecule has 1 aromatic carbocycles. The lowest BCUT2D eigenvalue weighted by atomic mass is 9.77. The van der Waals surface area contributed by atoms with Gasteiger partial charge in [-0.2, -0.15) is 0 Å². The summed E-state index contributed by atoms with van der Waals surface area (Å²) in [5.41, 5.74) is 3.69. The van der Waals surface area contributed by atoms with Crippen LogP contribution in [0.2, 0.25) is 0 Å². The van der Waals surface area contributed by atoms with E-state index in [9.17, 15) is 9.59 Å². The molecule has 0 bridgehead atoms. The Hall–Kier alpha value is -1.90. The van der Waals surface area contributed by atoms with Gasteiger partial charge >= 0.3 is 0 Å². The highest BCUT2D eigenvalue weighted by molar-refractivity contribution is 5.77. The molecular formula is C19H27NO2. The van der Waals surface area contributed by atoms with Crippen LogP contribution in [0.4, 0.5) is 5.69 Å². The average molecular weight is 301 g/mol. The van der Waals surface area contributed by atoms with E-state index in [2.05, 4.69) is 25.7 Å². The quantitative estimate of drug-likeness (QED) is 0.392. The van der Waals surface area contributed by atoms with Crippen LogP contribution in [0.3, 0.4) is 0 Å². The van der Waals surface area contributed by atoms with E-state index in [1.807, 2.05) is 25.1 Å². The van der Waals surface area contributed by atoms with Gasteiger partial charge in [0.25, 0.3) is 0 Å². The molecule has 0 fully saturated rings. The van der Waals surface area contributed by atoms with Crippen molar-refractivity contribution < 1.29 is 9.59 Å². The van der Waals surface area contributed by atoms with E-state index in [4.69, 9.17) is 0 Å². The normalized spacial score (nSPS) is 11.0. The maximum atomic E-state index is 11.1. The van der Waals surface area contributed by atoms with Gasteiger partial charge in [0, 0.05) is 29.6 Å². The highest BCUT2D eigenvalue weighted by Gasteiger charge is 2.24. The third-order valence-electron chi connectivity index (χ3n) is 4.23. The molecule has 1 rings (SSSR count). The molecule has 1 N–H and O–H groups in total. The molecule has 0 amide bonds. The molecule has 0 spiro atoms. The summed E-state index contributed by atoms with van der Waals surface area (Å²) in [6, 6.07) is 5.74. The maximum absolute atomic E-state index is 11.1. The smallest absolute Gasteiger partial charge is 0.150 e. The fourth-order valence-electron chi connectivity index (χ4n) is 2.29. The summed E-state index contributed by atoms with van der Waals surface area (Å²) in [5.74, 6) is 0. The number of carbonyl (C=O) groups excluding carboxylic acids is 2. The third kappa shape index (κ3) is 4.83. The number of unbranched alkanes of at least 4 members (excludes halogenated alkanes) is 3. The number of hydrogen-bond acceptors (Lipinski definition) is 3. The summed E-state index contributed by atoms with van der Waals surface area (Å²) in [7, 11) is 0. The zero-order valence-electron chi connectivity index (χ0n) is 13.9. The molecule has 0 atom stereocenters. The first kappa shape index (κ1) is 18.1. The van der Waals surface area contributed by atoms with Crippen LogP contribution in [-0.4, -0.2) is 19.1 Å². The van der Waals surface area contributed by atoms with Crippen LogP contribution in [0.15, 0.2) is 30.4 Å². The van der Waals surface area contributed by atoms with Crippen LogP contribution in [0.5, 0.6) is 0 Å². The van der Waals surface area contributed by atoms with Gasteiger partial charge in [-0.15, -0.1) is 0 Å². The number of benzene rings is 1. The lowest BCUT2D eigenvalue weighted by Crippen LogP contribution is -2.21. The summed E-state index contributed by atoms with van der Waals surface area (Å²) in [4.78, 5) is 21.3. The molecule has 0 saturated carbocycles. The van der Waals surface area contributed by atoms with E-state index in [-0.39, 0.29) is 5.41 Å². The van der Waals surface area contributed by atoms with E-state index in [0.29, 0.717) is 12.0 Å². The average Bonchev–Trinajstić information content (AvgIpc) is 2.50. The Balaban J connectivity index is 2.83. The largest absolute Gasteiger partial charge is 0.385 e. The molecule has 3 nitrogen and oxygen atoms in total. The molecule has 0 saturated heterocycles. The van der Waals surface area contributed by atoms with Gasteiger partial charge in [0.2, 0.25) is 0 Å². The number of hydrogen-bond donors (Lipinski definition) is 1. The van der Waals surface area contributed by atoms with Crippen molar-refractivity contribution in [2.45, 2.75) is 51.9 Å². The third-order valence-corrected chi connectivity index (χ3v) is 4.23. The molecular weight excluding hydrogens is 274 g/mol. The number of rotatable bonds is 10. The van der Waals surface area contributed by atoms with Crippen molar-refractivity contribution in [3.63, 3.8) is 0 Å². The van der Waals surface area contributed by atoms with Crippen molar-refractivity contribution in [3.05, 3.63) is 41.5 Å². The van der Waals surface area contributed by atoms with Gasteiger partial charge in [0.1, 0.15) is 12.6 Å². The van der Waals surface area contributed by atoms with Crippen molar-refractivity contribution in [1.29, 1.82) is 0 Å². The maximum Gasteiger partial charge on any atom is 0.150 e. The minimum Gasteiger partial charge on any atom is -0.385 e. The van der Waals surface area contributed by atoms with Crippen LogP contribution in [-0.2, 0) is 10.2 Å². The Morgan fingerprint density at radius 2 is 1.95 bits per heavy atom. The van der Waals surface area contributed by atoms with Gasteiger partial charge in [0.05, 0.1) is 0 Å². The highest BCUT2D eigenvalue weighted by Crippen LogP contribution is 2.35. The second-order valence-electron chi connectivity index (χ2n) is 6.27. The minimum atomic E-state index is -0.196. The molecule has 0 heterocycles. The van der Waals surface area contributed by atoms with E-state index in [0.717, 1.165) is 55.2 Å². The number of allylic oxidation sites excluding steroid dienone is 1. The van der Waals surface area contributed by atoms with Crippen LogP contribution in [0.25, 0.3) is 0 Å². The highest BCUT2D eigenvalue weighted by atomic mass is 16.1. The zero-order valence-corrected chi connectivity index (χ0v) is 13.9. The topological polar surface area (TPSA) is 46.2 Å². The molecule has 120 valence electrons. The number of anilines is 1. The molecule has 22 heavy (non-hydrogen) atoms. The first-order chi connectivity index (χ1) is 10.4. The molecule has 0 aromatic heterocycles. The second-order valence-corrected chi connectivity index (χ2v) is 6.27. The SMILES string of the molecule is C=C(C)C(C)(C)c1cc(C=O)ccc1NCCCCCC=O. The van der Waals surface area contributed by atoms with Crippen molar-refractivity contribution in [1.82, 2.24) is 0 Å². The van der Waals surface area contributed by atoms with E-state index >= 15 is 0 Å². The Morgan fingerprint density at radius 3 is 2.55 bits per heavy atom. The van der Waals surface area contributed by atoms with E-state index in [1.54, 1.807) is 0 Å². The second kappa shape index (κ2) is 8.52. The molecule has 0 aliphatic rings. The van der Waals surface area contributed by atoms with Gasteiger partial charge in [0.15, 0.2) is 0 Å². The van der Waals surface area contributed by atoms with Gasteiger partial charge in [-0.3, -0.25) is 4.79 Å². The van der Waals surface area contributed by atoms with Gasteiger partial charge < -0.3 is 10.1 Å². The first-order valence-corrected chi connectivity index (χ1v) is 7.86. The van der Waals surface area contributed by atoms with Crippen molar-refractivity contribution in [2.75, 3.05) is 11.9 Å². The number of nitrogens with one attached hydrogen (secondary N) is 1. The van der Waals surface area contributed by atoms with Gasteiger partial charge in [-0.25, -0.2) is 0 Å². The van der Waals surface area contributed by atoms with Crippen molar-refractivity contribution in [3.8, 4) is 0 Å². The van der Waals surface area contributed by atoms with E-state index in [1.165, 1.54) is 0 Å². The van der Waals surface area contributed by atoms with Crippen LogP contribution < -0.4 is 5.32 Å². The Morgan fingerprint density at radius 1 is 1.23 bits per heavy atom. The molecule has 0 aliphatic carbocycles. The van der Waals surface area contributed by atoms with Crippen LogP contribution >= 0.6 is 0 Å². The predicted molar refractivity (Wildman–Crippen MR) is 92.7 cm³/mol. The summed E-state index contributed by atoms with van der Waals surface area (Å²) in [6.07, 6.45) is 5.50. The molecule has 1 aromatic rings. The number of aldehydes is 2. The van der Waals surface area contributed by atoms with Gasteiger partial charge in [-0.1, -0.05) is 32.4 Å². The molecule has 3 heteroatoms. The number of carbonyl (C=O) groups is 2. The monoisotopic (exact) mass is 301 g/mol. The predicted octanol–water partition coefficient (Wildman–Crippen LogP) is 4.52. The Bertz CT molecular complexity index is 532. The summed E-state index contributed by atoms with van der Waals surface area (Å²) < 4.78 is 0. The zero-order chi connectivity index (χ0) is 16.6. The summed E-state index contributed by atoms with van der Waals surface area (Å²) in [6.45, 7) is 11.2. The summed E-state index contributed by atoms with van der Waals surface area (Å²) >= 11 is 0. The molecule has 0 aliphatic heterocycles. The van der Waals surface area contributed by atoms with Crippen molar-refractivity contribution >= 4 is 18.3 Å². The first-order valence-electron chi connectivity index (χ1n) is 7.86. The fraction of sp³-hybridized carbons (Fsp3) is 0.474. The van der Waals surface area contributed by atoms with E-state index < -0.39 is 0 Å².